The van der Waals surface area contributed by atoms with E-state index in [1.54, 1.807) is 0 Å². The van der Waals surface area contributed by atoms with Crippen molar-refractivity contribution in [3.63, 3.8) is 0 Å². The maximum atomic E-state index is 8.49. The first kappa shape index (κ1) is 26.2. The van der Waals surface area contributed by atoms with Crippen molar-refractivity contribution in [2.24, 2.45) is 0 Å². The number of pyridine rings is 1. The summed E-state index contributed by atoms with van der Waals surface area (Å²) < 4.78 is 36.4. The van der Waals surface area contributed by atoms with Crippen molar-refractivity contribution in [3.8, 4) is 33.6 Å². The quantitative estimate of drug-likeness (QED) is 0.327. The van der Waals surface area contributed by atoms with Crippen LogP contribution in [0.15, 0.2) is 133 Å². The van der Waals surface area contributed by atoms with Gasteiger partial charge in [-0.05, 0) is 41.0 Å². The van der Waals surface area contributed by atoms with Crippen LogP contribution in [-0.2, 0) is 13.0 Å². The Morgan fingerprint density at radius 1 is 0.459 bits per heavy atom. The summed E-state index contributed by atoms with van der Waals surface area (Å²) in [4.78, 5) is 0. The molecule has 0 saturated carbocycles. The van der Waals surface area contributed by atoms with Gasteiger partial charge < -0.3 is 0 Å². The highest BCUT2D eigenvalue weighted by Gasteiger charge is 2.22. The Hall–Kier alpha value is -3.84. The molecule has 0 aliphatic heterocycles. The number of rotatable bonds is 6. The van der Waals surface area contributed by atoms with Crippen LogP contribution in [0.3, 0.4) is 0 Å². The Balaban J connectivity index is 0.000000586. The largest absolute Gasteiger partial charge is 0.222 e. The Kier molecular flexibility index (Phi) is 8.80. The van der Waals surface area contributed by atoms with Crippen molar-refractivity contribution in [1.82, 2.24) is 0 Å². The van der Waals surface area contributed by atoms with Crippen molar-refractivity contribution >= 4 is 0 Å². The van der Waals surface area contributed by atoms with Gasteiger partial charge in [0.05, 0.1) is 0 Å². The summed E-state index contributed by atoms with van der Waals surface area (Å²) in [5, 5.41) is 0. The number of hydrogen-bond acceptors (Lipinski definition) is 4. The summed E-state index contributed by atoms with van der Waals surface area (Å²) in [7, 11) is -4.94. The lowest BCUT2D eigenvalue weighted by molar-refractivity contribution is -2.00. The Morgan fingerprint density at radius 2 is 0.811 bits per heavy atom. The van der Waals surface area contributed by atoms with Crippen molar-refractivity contribution < 1.29 is 33.4 Å². The molecular formula is C31H26ClNO4. The number of nitrogens with zero attached hydrogens (tertiary/aromatic N) is 1. The molecule has 0 fully saturated rings. The molecule has 0 radical (unpaired) electrons. The standard InChI is InChI=1S/C31H26N.ClHO4/c1-5-13-25(14-6-1)21-22-32-30(27-17-9-3-10-18-27)23-29(26-15-7-2-8-16-26)24-31(32)28-19-11-4-12-20-28;2-1(3,4)5/h1-20,23-24H,21-22H2;(H,2,3,4,5)/q+1;/p-1. The zero-order chi connectivity index (χ0) is 26.1. The van der Waals surface area contributed by atoms with Crippen LogP contribution in [0.2, 0.25) is 0 Å². The van der Waals surface area contributed by atoms with Crippen molar-refractivity contribution in [3.05, 3.63) is 139 Å². The van der Waals surface area contributed by atoms with Crippen LogP contribution in [0.25, 0.3) is 33.6 Å². The van der Waals surface area contributed by atoms with Crippen LogP contribution >= 0.6 is 0 Å². The molecule has 0 aliphatic carbocycles. The fourth-order valence-electron chi connectivity index (χ4n) is 4.24. The van der Waals surface area contributed by atoms with Crippen LogP contribution in [0.5, 0.6) is 0 Å². The van der Waals surface area contributed by atoms with E-state index in [0.717, 1.165) is 13.0 Å². The highest BCUT2D eigenvalue weighted by Crippen LogP contribution is 2.29. The van der Waals surface area contributed by atoms with Gasteiger partial charge in [-0.25, -0.2) is 18.6 Å². The van der Waals surface area contributed by atoms with Gasteiger partial charge in [0.15, 0.2) is 6.54 Å². The van der Waals surface area contributed by atoms with Gasteiger partial charge in [0.2, 0.25) is 11.4 Å². The summed E-state index contributed by atoms with van der Waals surface area (Å²) >= 11 is 0. The summed E-state index contributed by atoms with van der Waals surface area (Å²) in [6, 6.07) is 47.5. The minimum absolute atomic E-state index is 0.910. The smallest absolute Gasteiger partial charge is 0.213 e. The highest BCUT2D eigenvalue weighted by molar-refractivity contribution is 5.73. The maximum Gasteiger partial charge on any atom is 0.213 e. The second-order valence-electron chi connectivity index (χ2n) is 8.38. The van der Waals surface area contributed by atoms with Crippen molar-refractivity contribution in [2.75, 3.05) is 0 Å². The average molecular weight is 512 g/mol. The third-order valence-corrected chi connectivity index (χ3v) is 5.88. The van der Waals surface area contributed by atoms with Gasteiger partial charge in [-0.2, -0.15) is 4.57 Å². The predicted octanol–water partition coefficient (Wildman–Crippen LogP) is 2.46. The van der Waals surface area contributed by atoms with E-state index in [2.05, 4.69) is 138 Å². The Bertz CT molecular complexity index is 1330. The molecule has 0 unspecified atom stereocenters. The zero-order valence-corrected chi connectivity index (χ0v) is 20.8. The molecule has 0 atom stereocenters. The molecular weight excluding hydrogens is 486 g/mol. The molecule has 0 saturated heterocycles. The minimum Gasteiger partial charge on any atom is -0.222 e. The summed E-state index contributed by atoms with van der Waals surface area (Å²) in [6.07, 6.45) is 0.982. The van der Waals surface area contributed by atoms with Crippen LogP contribution in [-0.4, -0.2) is 0 Å². The number of aromatic nitrogens is 1. The molecule has 186 valence electrons. The second-order valence-corrected chi connectivity index (χ2v) is 9.13. The first-order valence-electron chi connectivity index (χ1n) is 11.8. The van der Waals surface area contributed by atoms with Gasteiger partial charge in [-0.15, -0.1) is 10.2 Å². The topological polar surface area (TPSA) is 96.1 Å². The van der Waals surface area contributed by atoms with E-state index in [1.807, 2.05) is 0 Å². The molecule has 0 bridgehead atoms. The number of aryl methyl sites for hydroxylation is 1. The number of benzene rings is 4. The molecule has 1 aromatic heterocycles. The van der Waals surface area contributed by atoms with E-state index >= 15 is 0 Å². The van der Waals surface area contributed by atoms with E-state index < -0.39 is 10.2 Å². The Labute approximate surface area is 218 Å². The van der Waals surface area contributed by atoms with Gasteiger partial charge in [-0.3, -0.25) is 0 Å². The van der Waals surface area contributed by atoms with E-state index in [1.165, 1.54) is 39.2 Å². The molecule has 5 nitrogen and oxygen atoms in total. The van der Waals surface area contributed by atoms with Gasteiger partial charge in [0.1, 0.15) is 0 Å². The van der Waals surface area contributed by atoms with Crippen LogP contribution in [0.4, 0.5) is 0 Å². The van der Waals surface area contributed by atoms with Crippen LogP contribution in [0, 0.1) is 10.2 Å². The highest BCUT2D eigenvalue weighted by atomic mass is 35.7. The lowest BCUT2D eigenvalue weighted by Gasteiger charge is -2.17. The number of hydrogen-bond donors (Lipinski definition) is 0. The monoisotopic (exact) mass is 511 g/mol. The molecule has 0 amide bonds. The van der Waals surface area contributed by atoms with Gasteiger partial charge in [-0.1, -0.05) is 97.1 Å². The fourth-order valence-corrected chi connectivity index (χ4v) is 4.24. The average Bonchev–Trinajstić information content (AvgIpc) is 2.92. The molecule has 0 spiro atoms. The predicted molar refractivity (Wildman–Crippen MR) is 133 cm³/mol. The summed E-state index contributed by atoms with van der Waals surface area (Å²) in [6.45, 7) is 0.910. The van der Waals surface area contributed by atoms with Gasteiger partial charge in [0.25, 0.3) is 0 Å². The van der Waals surface area contributed by atoms with Crippen LogP contribution < -0.4 is 23.2 Å². The van der Waals surface area contributed by atoms with E-state index in [0.29, 0.717) is 0 Å². The lowest BCUT2D eigenvalue weighted by Crippen LogP contribution is -2.68. The van der Waals surface area contributed by atoms with Gasteiger partial charge >= 0.3 is 0 Å². The van der Waals surface area contributed by atoms with E-state index in [-0.39, 0.29) is 0 Å². The third kappa shape index (κ3) is 7.82. The normalized spacial score (nSPS) is 10.9. The molecule has 1 heterocycles. The number of halogens is 1. The second kappa shape index (κ2) is 12.4. The molecule has 4 aromatic carbocycles. The zero-order valence-electron chi connectivity index (χ0n) is 20.1. The fraction of sp³-hybridized carbons (Fsp3) is 0.0645. The molecule has 6 heteroatoms. The molecule has 5 aromatic rings. The molecule has 37 heavy (non-hydrogen) atoms. The van der Waals surface area contributed by atoms with Crippen molar-refractivity contribution in [2.45, 2.75) is 13.0 Å². The molecule has 0 N–H and O–H groups in total. The summed E-state index contributed by atoms with van der Waals surface area (Å²) in [5.74, 6) is 0. The van der Waals surface area contributed by atoms with E-state index in [9.17, 15) is 0 Å². The lowest BCUT2D eigenvalue weighted by atomic mass is 9.98. The molecule has 5 rings (SSSR count). The minimum atomic E-state index is -4.94. The van der Waals surface area contributed by atoms with Crippen LogP contribution in [0.1, 0.15) is 5.56 Å². The Morgan fingerprint density at radius 3 is 1.22 bits per heavy atom. The molecule has 0 aliphatic rings. The first-order chi connectivity index (χ1) is 17.9. The van der Waals surface area contributed by atoms with Crippen molar-refractivity contribution in [1.29, 1.82) is 0 Å². The summed E-state index contributed by atoms with van der Waals surface area (Å²) in [5.41, 5.74) is 8.76. The first-order valence-corrected chi connectivity index (χ1v) is 13.0. The third-order valence-electron chi connectivity index (χ3n) is 5.88. The SMILES string of the molecule is [O-][Cl+3]([O-])([O-])[O-].c1ccc(CC[n+]2c(-c3ccccc3)cc(-c3ccccc3)cc2-c2ccccc2)cc1. The maximum absolute atomic E-state index is 8.49. The van der Waals surface area contributed by atoms with E-state index in [4.69, 9.17) is 18.6 Å². The van der Waals surface area contributed by atoms with Gasteiger partial charge in [0, 0.05) is 29.7 Å².